The van der Waals surface area contributed by atoms with E-state index in [9.17, 15) is 26.4 Å². The fourth-order valence-corrected chi connectivity index (χ4v) is 4.97. The fourth-order valence-electron chi connectivity index (χ4n) is 3.99. The Balaban J connectivity index is 2.06. The van der Waals surface area contributed by atoms with Crippen LogP contribution in [0.4, 0.5) is 13.2 Å². The van der Waals surface area contributed by atoms with Gasteiger partial charge in [0.2, 0.25) is 16.9 Å². The molecule has 0 aliphatic rings. The molecule has 4 rings (SSSR count). The SMILES string of the molecule is COc1cc(OC)c2c(=O)c(OS(=O)(=O)c3cccc(C(F)(F)F)c3)c(-c3cc(OC)c(OC)c(OC)c3)oc2c1. The highest BCUT2D eigenvalue weighted by Crippen LogP contribution is 2.44. The van der Waals surface area contributed by atoms with E-state index in [2.05, 4.69) is 0 Å². The van der Waals surface area contributed by atoms with Crippen LogP contribution in [0, 0.1) is 0 Å². The molecule has 14 heteroatoms. The van der Waals surface area contributed by atoms with Crippen molar-refractivity contribution in [1.29, 1.82) is 0 Å². The van der Waals surface area contributed by atoms with E-state index in [1.54, 1.807) is 0 Å². The second kappa shape index (κ2) is 11.1. The van der Waals surface area contributed by atoms with E-state index in [0.717, 1.165) is 12.1 Å². The standard InChI is InChI=1S/C27H23F3O10S/c1-34-16-12-18(35-2)22-19(13-16)39-24(14-9-20(36-3)25(38-5)21(10-14)37-4)26(23(22)31)40-41(32,33)17-8-6-7-15(11-17)27(28,29)30/h6-13H,1-5H3. The number of hydrogen-bond acceptors (Lipinski definition) is 10. The summed E-state index contributed by atoms with van der Waals surface area (Å²) in [5.74, 6) is -0.618. The van der Waals surface area contributed by atoms with E-state index >= 15 is 0 Å². The summed E-state index contributed by atoms with van der Waals surface area (Å²) in [6.45, 7) is 0. The number of methoxy groups -OCH3 is 5. The summed E-state index contributed by atoms with van der Waals surface area (Å²) in [6, 6.07) is 8.36. The average Bonchev–Trinajstić information content (AvgIpc) is 2.96. The first-order chi connectivity index (χ1) is 19.4. The van der Waals surface area contributed by atoms with Gasteiger partial charge in [0.15, 0.2) is 17.3 Å². The van der Waals surface area contributed by atoms with Gasteiger partial charge in [0.1, 0.15) is 27.4 Å². The van der Waals surface area contributed by atoms with Gasteiger partial charge in [-0.2, -0.15) is 21.6 Å². The second-order valence-corrected chi connectivity index (χ2v) is 9.82. The number of fused-ring (bicyclic) bond motifs is 1. The Kier molecular flexibility index (Phi) is 7.97. The van der Waals surface area contributed by atoms with Crippen LogP contribution >= 0.6 is 0 Å². The first-order valence-corrected chi connectivity index (χ1v) is 12.9. The van der Waals surface area contributed by atoms with Gasteiger partial charge in [0.25, 0.3) is 0 Å². The van der Waals surface area contributed by atoms with E-state index in [1.807, 2.05) is 0 Å². The van der Waals surface area contributed by atoms with Crippen molar-refractivity contribution in [2.75, 3.05) is 35.5 Å². The van der Waals surface area contributed by atoms with Crippen molar-refractivity contribution in [2.45, 2.75) is 11.1 Å². The predicted molar refractivity (Wildman–Crippen MR) is 140 cm³/mol. The maximum Gasteiger partial charge on any atom is 0.416 e. The van der Waals surface area contributed by atoms with Gasteiger partial charge in [-0.1, -0.05) is 6.07 Å². The summed E-state index contributed by atoms with van der Waals surface area (Å²) in [5, 5.41) is -0.210. The molecule has 1 heterocycles. The first kappa shape index (κ1) is 29.4. The van der Waals surface area contributed by atoms with Crippen molar-refractivity contribution in [3.8, 4) is 45.8 Å². The van der Waals surface area contributed by atoms with E-state index in [0.29, 0.717) is 12.1 Å². The lowest BCUT2D eigenvalue weighted by Crippen LogP contribution is -2.18. The zero-order valence-corrected chi connectivity index (χ0v) is 23.1. The minimum absolute atomic E-state index is 0.0362. The second-order valence-electron chi connectivity index (χ2n) is 8.27. The van der Waals surface area contributed by atoms with E-state index in [1.165, 1.54) is 59.8 Å². The summed E-state index contributed by atoms with van der Waals surface area (Å²) in [4.78, 5) is 13.0. The smallest absolute Gasteiger partial charge is 0.416 e. The maximum absolute atomic E-state index is 13.8. The van der Waals surface area contributed by atoms with Crippen LogP contribution in [-0.4, -0.2) is 44.0 Å². The summed E-state index contributed by atoms with van der Waals surface area (Å²) in [7, 11) is 1.67. The van der Waals surface area contributed by atoms with E-state index in [4.69, 9.17) is 32.3 Å². The molecule has 218 valence electrons. The number of alkyl halides is 3. The van der Waals surface area contributed by atoms with Gasteiger partial charge in [-0.05, 0) is 30.3 Å². The Bertz CT molecular complexity index is 1750. The van der Waals surface area contributed by atoms with Crippen molar-refractivity contribution in [3.63, 3.8) is 0 Å². The van der Waals surface area contributed by atoms with Crippen molar-refractivity contribution < 1.29 is 53.9 Å². The van der Waals surface area contributed by atoms with Crippen LogP contribution in [0.25, 0.3) is 22.3 Å². The van der Waals surface area contributed by atoms with Crippen molar-refractivity contribution in [1.82, 2.24) is 0 Å². The van der Waals surface area contributed by atoms with Crippen LogP contribution in [0.5, 0.6) is 34.5 Å². The molecule has 0 atom stereocenters. The lowest BCUT2D eigenvalue weighted by atomic mass is 10.1. The molecule has 0 bridgehead atoms. The van der Waals surface area contributed by atoms with Gasteiger partial charge in [-0.3, -0.25) is 4.79 Å². The minimum Gasteiger partial charge on any atom is -0.496 e. The largest absolute Gasteiger partial charge is 0.496 e. The first-order valence-electron chi connectivity index (χ1n) is 11.5. The maximum atomic E-state index is 13.8. The number of benzene rings is 3. The van der Waals surface area contributed by atoms with Gasteiger partial charge in [-0.15, -0.1) is 0 Å². The molecular weight excluding hydrogens is 573 g/mol. The third-order valence-electron chi connectivity index (χ3n) is 5.92. The summed E-state index contributed by atoms with van der Waals surface area (Å²) >= 11 is 0. The Morgan fingerprint density at radius 3 is 1.93 bits per heavy atom. The summed E-state index contributed by atoms with van der Waals surface area (Å²) < 4.78 is 104. The summed E-state index contributed by atoms with van der Waals surface area (Å²) in [6.07, 6.45) is -4.83. The molecule has 0 radical (unpaired) electrons. The molecule has 0 aliphatic heterocycles. The highest BCUT2D eigenvalue weighted by Gasteiger charge is 2.33. The minimum atomic E-state index is -5.01. The Hall–Kier alpha value is -4.59. The molecule has 10 nitrogen and oxygen atoms in total. The van der Waals surface area contributed by atoms with Crippen molar-refractivity contribution in [3.05, 3.63) is 64.3 Å². The van der Waals surface area contributed by atoms with Crippen LogP contribution in [0.1, 0.15) is 5.56 Å². The lowest BCUT2D eigenvalue weighted by Gasteiger charge is -2.17. The van der Waals surface area contributed by atoms with Gasteiger partial charge in [0, 0.05) is 17.7 Å². The Morgan fingerprint density at radius 2 is 1.39 bits per heavy atom. The van der Waals surface area contributed by atoms with E-state index in [-0.39, 0.29) is 45.3 Å². The molecule has 0 spiro atoms. The van der Waals surface area contributed by atoms with Gasteiger partial charge < -0.3 is 32.3 Å². The molecule has 0 saturated heterocycles. The van der Waals surface area contributed by atoms with Crippen LogP contribution in [0.15, 0.2) is 62.6 Å². The quantitative estimate of drug-likeness (QED) is 0.236. The number of hydrogen-bond donors (Lipinski definition) is 0. The molecule has 0 amide bonds. The van der Waals surface area contributed by atoms with Crippen molar-refractivity contribution in [2.24, 2.45) is 0 Å². The molecule has 41 heavy (non-hydrogen) atoms. The van der Waals surface area contributed by atoms with E-state index < -0.39 is 43.7 Å². The molecule has 0 saturated carbocycles. The highest BCUT2D eigenvalue weighted by atomic mass is 32.2. The molecule has 4 aromatic rings. The van der Waals surface area contributed by atoms with Crippen molar-refractivity contribution >= 4 is 21.1 Å². The monoisotopic (exact) mass is 596 g/mol. The van der Waals surface area contributed by atoms with Crippen LogP contribution in [0.2, 0.25) is 0 Å². The zero-order valence-electron chi connectivity index (χ0n) is 22.2. The molecule has 0 fully saturated rings. The predicted octanol–water partition coefficient (Wildman–Crippen LogP) is 5.29. The lowest BCUT2D eigenvalue weighted by molar-refractivity contribution is -0.137. The fraction of sp³-hybridized carbons (Fsp3) is 0.222. The normalized spacial score (nSPS) is 11.7. The molecule has 3 aromatic carbocycles. The number of ether oxygens (including phenoxy) is 5. The van der Waals surface area contributed by atoms with Gasteiger partial charge in [-0.25, -0.2) is 0 Å². The van der Waals surface area contributed by atoms with Gasteiger partial charge in [0.05, 0.1) is 41.1 Å². The third-order valence-corrected chi connectivity index (χ3v) is 7.13. The topological polar surface area (TPSA) is 120 Å². The Morgan fingerprint density at radius 1 is 0.756 bits per heavy atom. The van der Waals surface area contributed by atoms with Crippen LogP contribution in [-0.2, 0) is 16.3 Å². The molecule has 0 N–H and O–H groups in total. The molecule has 0 unspecified atom stereocenters. The highest BCUT2D eigenvalue weighted by molar-refractivity contribution is 7.87. The third kappa shape index (κ3) is 5.55. The van der Waals surface area contributed by atoms with Crippen LogP contribution < -0.4 is 33.3 Å². The van der Waals surface area contributed by atoms with Crippen LogP contribution in [0.3, 0.4) is 0 Å². The average molecular weight is 597 g/mol. The Labute approximate surface area is 231 Å². The zero-order chi connectivity index (χ0) is 30.1. The van der Waals surface area contributed by atoms with Gasteiger partial charge >= 0.3 is 16.3 Å². The number of halogens is 3. The number of rotatable bonds is 9. The molecule has 0 aliphatic carbocycles. The molecule has 1 aromatic heterocycles. The molecular formula is C27H23F3O10S. The summed E-state index contributed by atoms with van der Waals surface area (Å²) in [5.41, 5.74) is -2.25.